The SMILES string of the molecule is CCOc1cc(/C=C2\C(=O)Oc3cc(O)ccc32)ccc1OC. The Bertz CT molecular complexity index is 792. The summed E-state index contributed by atoms with van der Waals surface area (Å²) < 4.78 is 16.0. The lowest BCUT2D eigenvalue weighted by Crippen LogP contribution is -2.00. The molecule has 2 aromatic rings. The molecule has 2 aromatic carbocycles. The lowest BCUT2D eigenvalue weighted by molar-refractivity contribution is -0.126. The van der Waals surface area contributed by atoms with Crippen molar-refractivity contribution in [3.05, 3.63) is 47.5 Å². The van der Waals surface area contributed by atoms with E-state index in [1.807, 2.05) is 13.0 Å². The van der Waals surface area contributed by atoms with Gasteiger partial charge < -0.3 is 19.3 Å². The monoisotopic (exact) mass is 312 g/mol. The van der Waals surface area contributed by atoms with Crippen LogP contribution in [-0.2, 0) is 4.79 Å². The lowest BCUT2D eigenvalue weighted by atomic mass is 10.0. The molecule has 1 heterocycles. The van der Waals surface area contributed by atoms with Crippen molar-refractivity contribution in [3.63, 3.8) is 0 Å². The fourth-order valence-corrected chi connectivity index (χ4v) is 2.44. The summed E-state index contributed by atoms with van der Waals surface area (Å²) in [6, 6.07) is 10.0. The van der Waals surface area contributed by atoms with Crippen molar-refractivity contribution in [2.24, 2.45) is 0 Å². The minimum absolute atomic E-state index is 0.0564. The van der Waals surface area contributed by atoms with Crippen molar-refractivity contribution in [3.8, 4) is 23.0 Å². The van der Waals surface area contributed by atoms with Gasteiger partial charge in [0.1, 0.15) is 11.5 Å². The van der Waals surface area contributed by atoms with Crippen LogP contribution in [0.1, 0.15) is 18.1 Å². The number of phenolic OH excluding ortho intramolecular Hbond substituents is 1. The molecule has 0 fully saturated rings. The number of aromatic hydroxyl groups is 1. The van der Waals surface area contributed by atoms with Crippen LogP contribution in [0.3, 0.4) is 0 Å². The van der Waals surface area contributed by atoms with Crippen LogP contribution in [0.25, 0.3) is 11.6 Å². The summed E-state index contributed by atoms with van der Waals surface area (Å²) in [4.78, 5) is 12.1. The topological polar surface area (TPSA) is 65.0 Å². The van der Waals surface area contributed by atoms with Gasteiger partial charge in [0.15, 0.2) is 11.5 Å². The van der Waals surface area contributed by atoms with E-state index in [-0.39, 0.29) is 5.75 Å². The summed E-state index contributed by atoms with van der Waals surface area (Å²) in [7, 11) is 1.58. The van der Waals surface area contributed by atoms with Crippen molar-refractivity contribution in [2.75, 3.05) is 13.7 Å². The summed E-state index contributed by atoms with van der Waals surface area (Å²) in [5.41, 5.74) is 1.89. The van der Waals surface area contributed by atoms with Gasteiger partial charge in [0, 0.05) is 11.6 Å². The van der Waals surface area contributed by atoms with Gasteiger partial charge in [0.25, 0.3) is 0 Å². The lowest BCUT2D eigenvalue weighted by Gasteiger charge is -2.09. The Hall–Kier alpha value is -2.95. The first-order chi connectivity index (χ1) is 11.1. The number of rotatable bonds is 4. The molecule has 0 aliphatic carbocycles. The molecule has 0 bridgehead atoms. The zero-order chi connectivity index (χ0) is 16.4. The van der Waals surface area contributed by atoms with Crippen LogP contribution in [-0.4, -0.2) is 24.8 Å². The predicted octanol–water partition coefficient (Wildman–Crippen LogP) is 3.26. The highest BCUT2D eigenvalue weighted by atomic mass is 16.5. The van der Waals surface area contributed by atoms with Crippen molar-refractivity contribution >= 4 is 17.6 Å². The number of carbonyl (C=O) groups is 1. The van der Waals surface area contributed by atoms with E-state index < -0.39 is 5.97 Å². The molecule has 0 unspecified atom stereocenters. The first kappa shape index (κ1) is 15.0. The normalized spacial score (nSPS) is 14.5. The molecule has 118 valence electrons. The van der Waals surface area contributed by atoms with Gasteiger partial charge in [-0.1, -0.05) is 6.07 Å². The molecule has 1 N–H and O–H groups in total. The van der Waals surface area contributed by atoms with Gasteiger partial charge in [0.05, 0.1) is 19.3 Å². The van der Waals surface area contributed by atoms with Gasteiger partial charge in [-0.3, -0.25) is 0 Å². The van der Waals surface area contributed by atoms with Crippen LogP contribution in [0.4, 0.5) is 0 Å². The molecular formula is C18H16O5. The molecule has 0 radical (unpaired) electrons. The highest BCUT2D eigenvalue weighted by Gasteiger charge is 2.27. The van der Waals surface area contributed by atoms with E-state index >= 15 is 0 Å². The van der Waals surface area contributed by atoms with E-state index in [0.29, 0.717) is 35.0 Å². The molecule has 5 nitrogen and oxygen atoms in total. The maximum absolute atomic E-state index is 12.1. The second-order valence-corrected chi connectivity index (χ2v) is 4.97. The van der Waals surface area contributed by atoms with E-state index in [0.717, 1.165) is 5.56 Å². The summed E-state index contributed by atoms with van der Waals surface area (Å²) in [6.07, 6.45) is 1.73. The molecule has 0 aromatic heterocycles. The molecule has 5 heteroatoms. The molecule has 0 atom stereocenters. The fraction of sp³-hybridized carbons (Fsp3) is 0.167. The predicted molar refractivity (Wildman–Crippen MR) is 85.8 cm³/mol. The largest absolute Gasteiger partial charge is 0.508 e. The molecule has 0 amide bonds. The summed E-state index contributed by atoms with van der Waals surface area (Å²) in [5, 5.41) is 9.47. The molecule has 0 saturated carbocycles. The number of methoxy groups -OCH3 is 1. The van der Waals surface area contributed by atoms with E-state index in [1.165, 1.54) is 12.1 Å². The van der Waals surface area contributed by atoms with Gasteiger partial charge in [0.2, 0.25) is 0 Å². The Kier molecular flexibility index (Phi) is 3.93. The van der Waals surface area contributed by atoms with Gasteiger partial charge in [-0.15, -0.1) is 0 Å². The number of hydrogen-bond donors (Lipinski definition) is 1. The third-order valence-electron chi connectivity index (χ3n) is 3.48. The number of phenols is 1. The minimum atomic E-state index is -0.445. The van der Waals surface area contributed by atoms with Gasteiger partial charge in [-0.25, -0.2) is 4.79 Å². The van der Waals surface area contributed by atoms with Gasteiger partial charge in [-0.05, 0) is 42.8 Å². The number of carbonyl (C=O) groups excluding carboxylic acids is 1. The third kappa shape index (κ3) is 2.85. The smallest absolute Gasteiger partial charge is 0.344 e. The Morgan fingerprint density at radius 3 is 2.74 bits per heavy atom. The second-order valence-electron chi connectivity index (χ2n) is 4.97. The number of ether oxygens (including phenoxy) is 3. The first-order valence-electron chi connectivity index (χ1n) is 7.20. The molecule has 1 aliphatic heterocycles. The van der Waals surface area contributed by atoms with E-state index in [2.05, 4.69) is 0 Å². The standard InChI is InChI=1S/C18H16O5/c1-3-22-17-9-11(4-7-15(17)21-2)8-14-13-6-5-12(19)10-16(13)23-18(14)20/h4-10,19H,3H2,1-2H3/b14-8-. The second kappa shape index (κ2) is 6.04. The Morgan fingerprint density at radius 2 is 2.00 bits per heavy atom. The summed E-state index contributed by atoms with van der Waals surface area (Å²) in [5.74, 6) is 1.22. The van der Waals surface area contributed by atoms with Crippen LogP contribution >= 0.6 is 0 Å². The van der Waals surface area contributed by atoms with Crippen molar-refractivity contribution in [1.82, 2.24) is 0 Å². The van der Waals surface area contributed by atoms with Crippen LogP contribution in [0.5, 0.6) is 23.0 Å². The van der Waals surface area contributed by atoms with Gasteiger partial charge >= 0.3 is 5.97 Å². The third-order valence-corrected chi connectivity index (χ3v) is 3.48. The van der Waals surface area contributed by atoms with Gasteiger partial charge in [-0.2, -0.15) is 0 Å². The maximum atomic E-state index is 12.1. The molecule has 3 rings (SSSR count). The zero-order valence-electron chi connectivity index (χ0n) is 12.8. The number of hydrogen-bond acceptors (Lipinski definition) is 5. The van der Waals surface area contributed by atoms with E-state index in [1.54, 1.807) is 31.4 Å². The van der Waals surface area contributed by atoms with Crippen LogP contribution in [0, 0.1) is 0 Å². The average Bonchev–Trinajstić information content (AvgIpc) is 2.83. The highest BCUT2D eigenvalue weighted by molar-refractivity contribution is 6.26. The quantitative estimate of drug-likeness (QED) is 0.533. The van der Waals surface area contributed by atoms with Crippen molar-refractivity contribution in [1.29, 1.82) is 0 Å². The summed E-state index contributed by atoms with van der Waals surface area (Å²) in [6.45, 7) is 2.40. The Balaban J connectivity index is 2.02. The molecule has 23 heavy (non-hydrogen) atoms. The number of benzene rings is 2. The zero-order valence-corrected chi connectivity index (χ0v) is 12.8. The molecule has 0 spiro atoms. The van der Waals surface area contributed by atoms with E-state index in [4.69, 9.17) is 14.2 Å². The molecule has 1 aliphatic rings. The van der Waals surface area contributed by atoms with Crippen LogP contribution < -0.4 is 14.2 Å². The average molecular weight is 312 g/mol. The maximum Gasteiger partial charge on any atom is 0.344 e. The first-order valence-corrected chi connectivity index (χ1v) is 7.20. The number of esters is 1. The molecule has 0 saturated heterocycles. The number of fused-ring (bicyclic) bond motifs is 1. The van der Waals surface area contributed by atoms with Crippen molar-refractivity contribution in [2.45, 2.75) is 6.92 Å². The van der Waals surface area contributed by atoms with Crippen LogP contribution in [0.15, 0.2) is 36.4 Å². The Morgan fingerprint density at radius 1 is 1.17 bits per heavy atom. The van der Waals surface area contributed by atoms with Crippen molar-refractivity contribution < 1.29 is 24.1 Å². The minimum Gasteiger partial charge on any atom is -0.508 e. The fourth-order valence-electron chi connectivity index (χ4n) is 2.44. The highest BCUT2D eigenvalue weighted by Crippen LogP contribution is 2.38. The Labute approximate surface area is 133 Å². The van der Waals surface area contributed by atoms with E-state index in [9.17, 15) is 9.90 Å². The summed E-state index contributed by atoms with van der Waals surface area (Å²) >= 11 is 0. The molecular weight excluding hydrogens is 296 g/mol. The van der Waals surface area contributed by atoms with Crippen LogP contribution in [0.2, 0.25) is 0 Å².